The predicted molar refractivity (Wildman–Crippen MR) is 79.3 cm³/mol. The van der Waals surface area contributed by atoms with E-state index in [1.54, 1.807) is 14.2 Å². The second-order valence-electron chi connectivity index (χ2n) is 4.87. The minimum atomic E-state index is 0. The maximum atomic E-state index is 5.48. The Morgan fingerprint density at radius 2 is 1.89 bits per heavy atom. The molecule has 1 aliphatic carbocycles. The van der Waals surface area contributed by atoms with Gasteiger partial charge in [-0.25, -0.2) is 0 Å². The number of hydrogen-bond donors (Lipinski definition) is 1. The number of ether oxygens (including phenoxy) is 2. The van der Waals surface area contributed by atoms with E-state index in [1.165, 1.54) is 11.1 Å². The van der Waals surface area contributed by atoms with Gasteiger partial charge in [-0.2, -0.15) is 0 Å². The molecule has 4 heteroatoms. The number of fused-ring (bicyclic) bond motifs is 1. The first-order chi connectivity index (χ1) is 8.15. The first-order valence-corrected chi connectivity index (χ1v) is 6.14. The van der Waals surface area contributed by atoms with Crippen LogP contribution in [-0.2, 0) is 12.8 Å². The van der Waals surface area contributed by atoms with Crippen molar-refractivity contribution in [2.45, 2.75) is 38.8 Å². The molecule has 0 heterocycles. The lowest BCUT2D eigenvalue weighted by molar-refractivity contribution is 0.351. The van der Waals surface area contributed by atoms with Crippen molar-refractivity contribution < 1.29 is 9.47 Å². The lowest BCUT2D eigenvalue weighted by Crippen LogP contribution is -2.35. The van der Waals surface area contributed by atoms with Crippen molar-refractivity contribution in [2.75, 3.05) is 14.2 Å². The number of rotatable bonds is 4. The van der Waals surface area contributed by atoms with Gasteiger partial charge in [0.1, 0.15) is 0 Å². The van der Waals surface area contributed by atoms with Crippen LogP contribution in [0.2, 0.25) is 0 Å². The molecule has 0 aromatic heterocycles. The molecule has 1 atom stereocenters. The van der Waals surface area contributed by atoms with Crippen LogP contribution in [0.3, 0.4) is 0 Å². The zero-order chi connectivity index (χ0) is 12.4. The van der Waals surface area contributed by atoms with Crippen molar-refractivity contribution in [1.82, 2.24) is 5.32 Å². The molecule has 1 aromatic carbocycles. The summed E-state index contributed by atoms with van der Waals surface area (Å²) in [4.78, 5) is 0. The van der Waals surface area contributed by atoms with E-state index >= 15 is 0 Å². The van der Waals surface area contributed by atoms with Gasteiger partial charge in [-0.05, 0) is 24.5 Å². The van der Waals surface area contributed by atoms with Gasteiger partial charge < -0.3 is 14.8 Å². The van der Waals surface area contributed by atoms with Crippen molar-refractivity contribution in [2.24, 2.45) is 0 Å². The molecule has 0 spiro atoms. The maximum Gasteiger partial charge on any atom is 0.164 e. The molecular formula is C14H22BrNO2. The second kappa shape index (κ2) is 6.43. The fourth-order valence-electron chi connectivity index (χ4n) is 2.62. The Hall–Kier alpha value is -0.740. The van der Waals surface area contributed by atoms with Crippen molar-refractivity contribution >= 4 is 17.0 Å². The van der Waals surface area contributed by atoms with Gasteiger partial charge in [0.15, 0.2) is 11.5 Å². The molecule has 1 N–H and O–H groups in total. The summed E-state index contributed by atoms with van der Waals surface area (Å²) in [5.41, 5.74) is 2.67. The highest BCUT2D eigenvalue weighted by Crippen LogP contribution is 2.38. The smallest absolute Gasteiger partial charge is 0.164 e. The van der Waals surface area contributed by atoms with Crippen molar-refractivity contribution in [1.29, 1.82) is 0 Å². The van der Waals surface area contributed by atoms with Gasteiger partial charge in [0.05, 0.1) is 14.2 Å². The van der Waals surface area contributed by atoms with Crippen LogP contribution in [0.1, 0.15) is 25.0 Å². The summed E-state index contributed by atoms with van der Waals surface area (Å²) in [6, 6.07) is 5.18. The van der Waals surface area contributed by atoms with Crippen LogP contribution in [0.4, 0.5) is 0 Å². The summed E-state index contributed by atoms with van der Waals surface area (Å²) in [7, 11) is 3.39. The molecule has 0 saturated carbocycles. The molecule has 0 radical (unpaired) electrons. The third kappa shape index (κ3) is 2.98. The van der Waals surface area contributed by atoms with E-state index in [4.69, 9.17) is 9.47 Å². The van der Waals surface area contributed by atoms with Gasteiger partial charge >= 0.3 is 0 Å². The minimum Gasteiger partial charge on any atom is -0.493 e. The van der Waals surface area contributed by atoms with E-state index in [9.17, 15) is 0 Å². The highest BCUT2D eigenvalue weighted by atomic mass is 79.9. The predicted octanol–water partition coefficient (Wildman–Crippen LogP) is 2.75. The molecule has 1 unspecified atom stereocenters. The minimum absolute atomic E-state index is 0. The molecule has 3 nitrogen and oxygen atoms in total. The van der Waals surface area contributed by atoms with Gasteiger partial charge in [0.2, 0.25) is 0 Å². The average molecular weight is 316 g/mol. The van der Waals surface area contributed by atoms with Gasteiger partial charge in [0, 0.05) is 17.6 Å². The van der Waals surface area contributed by atoms with Crippen molar-refractivity contribution in [3.63, 3.8) is 0 Å². The van der Waals surface area contributed by atoms with E-state index in [0.717, 1.165) is 24.3 Å². The van der Waals surface area contributed by atoms with Gasteiger partial charge in [-0.1, -0.05) is 19.9 Å². The van der Waals surface area contributed by atoms with Crippen LogP contribution in [-0.4, -0.2) is 26.3 Å². The third-order valence-corrected chi connectivity index (χ3v) is 3.23. The van der Waals surface area contributed by atoms with Gasteiger partial charge in [-0.15, -0.1) is 17.0 Å². The number of benzene rings is 1. The quantitative estimate of drug-likeness (QED) is 0.926. The summed E-state index contributed by atoms with van der Waals surface area (Å²) in [6.45, 7) is 4.36. The van der Waals surface area contributed by atoms with Crippen molar-refractivity contribution in [3.05, 3.63) is 23.3 Å². The number of nitrogens with one attached hydrogen (secondary N) is 1. The molecule has 1 aliphatic rings. The Morgan fingerprint density at radius 1 is 1.17 bits per heavy atom. The van der Waals surface area contributed by atoms with Crippen LogP contribution in [0.15, 0.2) is 12.1 Å². The first-order valence-electron chi connectivity index (χ1n) is 6.14. The van der Waals surface area contributed by atoms with E-state index in [0.29, 0.717) is 12.1 Å². The van der Waals surface area contributed by atoms with Crippen molar-refractivity contribution in [3.8, 4) is 11.5 Å². The topological polar surface area (TPSA) is 30.5 Å². The molecule has 0 amide bonds. The fraction of sp³-hybridized carbons (Fsp3) is 0.571. The van der Waals surface area contributed by atoms with Crippen LogP contribution >= 0.6 is 17.0 Å². The number of halogens is 1. The summed E-state index contributed by atoms with van der Waals surface area (Å²) in [6.07, 6.45) is 2.10. The summed E-state index contributed by atoms with van der Waals surface area (Å²) < 4.78 is 10.8. The van der Waals surface area contributed by atoms with Gasteiger partial charge in [0.25, 0.3) is 0 Å². The number of methoxy groups -OCH3 is 2. The van der Waals surface area contributed by atoms with E-state index < -0.39 is 0 Å². The maximum absolute atomic E-state index is 5.48. The molecule has 0 aliphatic heterocycles. The Bertz CT molecular complexity index is 407. The molecule has 102 valence electrons. The number of hydrogen-bond acceptors (Lipinski definition) is 3. The first kappa shape index (κ1) is 15.3. The molecule has 18 heavy (non-hydrogen) atoms. The van der Waals surface area contributed by atoms with Crippen LogP contribution in [0.25, 0.3) is 0 Å². The zero-order valence-electron chi connectivity index (χ0n) is 11.4. The SMILES string of the molecule is Br.COc1ccc2c(c1OC)CC(NC(C)C)C2. The molecule has 1 aromatic rings. The molecule has 0 bridgehead atoms. The lowest BCUT2D eigenvalue weighted by atomic mass is 10.1. The Kier molecular flexibility index (Phi) is 5.47. The Balaban J connectivity index is 0.00000162. The van der Waals surface area contributed by atoms with E-state index in [1.807, 2.05) is 6.07 Å². The monoisotopic (exact) mass is 315 g/mol. The summed E-state index contributed by atoms with van der Waals surface area (Å²) in [5.74, 6) is 1.73. The van der Waals surface area contributed by atoms with Crippen LogP contribution in [0, 0.1) is 0 Å². The Morgan fingerprint density at radius 3 is 2.44 bits per heavy atom. The highest BCUT2D eigenvalue weighted by Gasteiger charge is 2.26. The normalized spacial score (nSPS) is 17.3. The second-order valence-corrected chi connectivity index (χ2v) is 4.87. The van der Waals surface area contributed by atoms with Crippen LogP contribution in [0.5, 0.6) is 11.5 Å². The zero-order valence-corrected chi connectivity index (χ0v) is 13.2. The van der Waals surface area contributed by atoms with Crippen LogP contribution < -0.4 is 14.8 Å². The molecular weight excluding hydrogens is 294 g/mol. The van der Waals surface area contributed by atoms with E-state index in [-0.39, 0.29) is 17.0 Å². The highest BCUT2D eigenvalue weighted by molar-refractivity contribution is 8.93. The third-order valence-electron chi connectivity index (χ3n) is 3.23. The standard InChI is InChI=1S/C14H21NO2.BrH/c1-9(2)15-11-7-10-5-6-13(16-3)14(17-4)12(10)8-11;/h5-6,9,11,15H,7-8H2,1-4H3;1H. The fourth-order valence-corrected chi connectivity index (χ4v) is 2.62. The van der Waals surface area contributed by atoms with Gasteiger partial charge in [-0.3, -0.25) is 0 Å². The molecule has 0 fully saturated rings. The molecule has 0 saturated heterocycles. The summed E-state index contributed by atoms with van der Waals surface area (Å²) >= 11 is 0. The lowest BCUT2D eigenvalue weighted by Gasteiger charge is -2.15. The average Bonchev–Trinajstić information content (AvgIpc) is 2.68. The largest absolute Gasteiger partial charge is 0.493 e. The Labute approximate surface area is 120 Å². The van der Waals surface area contributed by atoms with E-state index in [2.05, 4.69) is 25.2 Å². The summed E-state index contributed by atoms with van der Waals surface area (Å²) in [5, 5.41) is 3.58. The molecule has 2 rings (SSSR count).